The molecule has 0 bridgehead atoms. The number of nitrogens with one attached hydrogen (secondary N) is 1. The molecule has 1 N–H and O–H groups in total. The number of morpholine rings is 1. The van der Waals surface area contributed by atoms with Crippen LogP contribution in [0.15, 0.2) is 42.5 Å². The second-order valence-corrected chi connectivity index (χ2v) is 9.85. The van der Waals surface area contributed by atoms with Gasteiger partial charge in [0.2, 0.25) is 5.91 Å². The van der Waals surface area contributed by atoms with E-state index in [1.807, 2.05) is 50.2 Å². The van der Waals surface area contributed by atoms with Crippen molar-refractivity contribution in [2.24, 2.45) is 0 Å². The predicted octanol–water partition coefficient (Wildman–Crippen LogP) is 2.39. The van der Waals surface area contributed by atoms with Gasteiger partial charge in [-0.15, -0.1) is 0 Å². The molecule has 3 rings (SSSR count). The fourth-order valence-corrected chi connectivity index (χ4v) is 4.50. The van der Waals surface area contributed by atoms with E-state index in [-0.39, 0.29) is 6.54 Å². The third-order valence-electron chi connectivity index (χ3n) is 5.19. The van der Waals surface area contributed by atoms with E-state index >= 15 is 0 Å². The van der Waals surface area contributed by atoms with E-state index in [4.69, 9.17) is 4.74 Å². The van der Waals surface area contributed by atoms with Gasteiger partial charge >= 0.3 is 10.2 Å². The number of hydrogen-bond acceptors (Lipinski definition) is 5. The van der Waals surface area contributed by atoms with Crippen molar-refractivity contribution in [2.75, 3.05) is 61.5 Å². The number of hydrogen-bond donors (Lipinski definition) is 1. The molecule has 2 aromatic rings. The van der Waals surface area contributed by atoms with Gasteiger partial charge in [-0.1, -0.05) is 12.1 Å². The summed E-state index contributed by atoms with van der Waals surface area (Å²) in [5.74, 6) is -0.412. The first-order valence-corrected chi connectivity index (χ1v) is 11.6. The van der Waals surface area contributed by atoms with Gasteiger partial charge in [0.15, 0.2) is 0 Å². The van der Waals surface area contributed by atoms with Gasteiger partial charge in [-0.3, -0.25) is 4.79 Å². The molecule has 1 saturated heterocycles. The predicted molar refractivity (Wildman–Crippen MR) is 124 cm³/mol. The van der Waals surface area contributed by atoms with Gasteiger partial charge in [-0.05, 0) is 55.3 Å². The van der Waals surface area contributed by atoms with Crippen LogP contribution >= 0.6 is 0 Å². The fourth-order valence-electron chi connectivity index (χ4n) is 3.38. The Labute approximate surface area is 184 Å². The first kappa shape index (κ1) is 23.1. The van der Waals surface area contributed by atoms with E-state index in [1.165, 1.54) is 14.1 Å². The van der Waals surface area contributed by atoms with Crippen LogP contribution in [-0.2, 0) is 19.7 Å². The van der Waals surface area contributed by atoms with E-state index in [2.05, 4.69) is 10.2 Å². The lowest BCUT2D eigenvalue weighted by Gasteiger charge is -2.29. The summed E-state index contributed by atoms with van der Waals surface area (Å²) in [6.45, 7) is 6.46. The molecular weight excluding hydrogens is 416 g/mol. The van der Waals surface area contributed by atoms with Crippen LogP contribution in [0.1, 0.15) is 11.1 Å². The lowest BCUT2D eigenvalue weighted by molar-refractivity contribution is -0.114. The minimum absolute atomic E-state index is 0.323. The van der Waals surface area contributed by atoms with Crippen molar-refractivity contribution in [2.45, 2.75) is 13.8 Å². The maximum Gasteiger partial charge on any atom is 0.304 e. The summed E-state index contributed by atoms with van der Waals surface area (Å²) in [5, 5.41) is 2.81. The van der Waals surface area contributed by atoms with Crippen LogP contribution in [0.2, 0.25) is 0 Å². The molecule has 1 amide bonds. The van der Waals surface area contributed by atoms with Gasteiger partial charge in [0.05, 0.1) is 18.9 Å². The summed E-state index contributed by atoms with van der Waals surface area (Å²) < 4.78 is 33.5. The molecule has 1 aliphatic rings. The number of nitrogens with zero attached hydrogens (tertiary/aromatic N) is 3. The van der Waals surface area contributed by atoms with Crippen LogP contribution in [0.25, 0.3) is 0 Å². The highest BCUT2D eigenvalue weighted by Crippen LogP contribution is 2.25. The van der Waals surface area contributed by atoms with Crippen molar-refractivity contribution in [3.63, 3.8) is 0 Å². The molecule has 8 nitrogen and oxygen atoms in total. The molecule has 0 atom stereocenters. The maximum absolute atomic E-state index is 13.0. The van der Waals surface area contributed by atoms with Gasteiger partial charge in [-0.25, -0.2) is 4.31 Å². The van der Waals surface area contributed by atoms with Crippen molar-refractivity contribution in [1.82, 2.24) is 4.31 Å². The monoisotopic (exact) mass is 446 g/mol. The highest BCUT2D eigenvalue weighted by molar-refractivity contribution is 7.90. The first-order valence-electron chi connectivity index (χ1n) is 10.2. The number of amides is 1. The van der Waals surface area contributed by atoms with E-state index in [9.17, 15) is 13.2 Å². The molecule has 9 heteroatoms. The largest absolute Gasteiger partial charge is 0.378 e. The number of ether oxygens (including phenoxy) is 1. The summed E-state index contributed by atoms with van der Waals surface area (Å²) in [4.78, 5) is 15.0. The topological polar surface area (TPSA) is 82.2 Å². The van der Waals surface area contributed by atoms with E-state index in [1.54, 1.807) is 6.07 Å². The lowest BCUT2D eigenvalue weighted by atomic mass is 10.1. The molecule has 168 valence electrons. The Morgan fingerprint density at radius 1 is 1.06 bits per heavy atom. The van der Waals surface area contributed by atoms with Gasteiger partial charge in [-0.2, -0.15) is 12.7 Å². The number of carbonyl (C=O) groups is 1. The van der Waals surface area contributed by atoms with Crippen LogP contribution in [-0.4, -0.2) is 65.6 Å². The second-order valence-electron chi connectivity index (χ2n) is 7.78. The third-order valence-corrected chi connectivity index (χ3v) is 6.99. The van der Waals surface area contributed by atoms with Crippen LogP contribution in [0, 0.1) is 13.8 Å². The van der Waals surface area contributed by atoms with Crippen LogP contribution < -0.4 is 14.5 Å². The highest BCUT2D eigenvalue weighted by atomic mass is 32.2. The molecule has 0 unspecified atom stereocenters. The van der Waals surface area contributed by atoms with Gasteiger partial charge in [0.25, 0.3) is 0 Å². The average molecular weight is 447 g/mol. The van der Waals surface area contributed by atoms with E-state index in [0.29, 0.717) is 24.6 Å². The Morgan fingerprint density at radius 2 is 1.71 bits per heavy atom. The normalized spacial score (nSPS) is 14.5. The average Bonchev–Trinajstić information content (AvgIpc) is 2.75. The Balaban J connectivity index is 1.77. The molecule has 1 heterocycles. The summed E-state index contributed by atoms with van der Waals surface area (Å²) in [7, 11) is -0.944. The molecule has 1 fully saturated rings. The highest BCUT2D eigenvalue weighted by Gasteiger charge is 2.28. The smallest absolute Gasteiger partial charge is 0.304 e. The van der Waals surface area contributed by atoms with E-state index in [0.717, 1.165) is 38.5 Å². The molecule has 0 aromatic heterocycles. The molecule has 0 saturated carbocycles. The number of benzene rings is 2. The Bertz CT molecular complexity index is 1020. The number of carbonyl (C=O) groups excluding carboxylic acids is 1. The number of anilines is 3. The second kappa shape index (κ2) is 9.67. The zero-order chi connectivity index (χ0) is 22.6. The van der Waals surface area contributed by atoms with Crippen molar-refractivity contribution < 1.29 is 17.9 Å². The van der Waals surface area contributed by atoms with Crippen LogP contribution in [0.3, 0.4) is 0 Å². The van der Waals surface area contributed by atoms with Gasteiger partial charge < -0.3 is 15.0 Å². The zero-order valence-corrected chi connectivity index (χ0v) is 19.3. The molecule has 0 aliphatic carbocycles. The van der Waals surface area contributed by atoms with Crippen molar-refractivity contribution >= 4 is 33.2 Å². The van der Waals surface area contributed by atoms with Crippen molar-refractivity contribution in [1.29, 1.82) is 0 Å². The SMILES string of the molecule is Cc1ccc(C)c(N(CC(=O)Nc2ccc(N3CCOCC3)cc2)S(=O)(=O)N(C)C)c1. The maximum atomic E-state index is 13.0. The van der Waals surface area contributed by atoms with Crippen molar-refractivity contribution in [3.05, 3.63) is 53.6 Å². The lowest BCUT2D eigenvalue weighted by Crippen LogP contribution is -2.44. The minimum atomic E-state index is -3.85. The van der Waals surface area contributed by atoms with E-state index < -0.39 is 16.1 Å². The Kier molecular flexibility index (Phi) is 7.19. The summed E-state index contributed by atoms with van der Waals surface area (Å²) in [6, 6.07) is 13.1. The van der Waals surface area contributed by atoms with Crippen LogP contribution in [0.5, 0.6) is 0 Å². The van der Waals surface area contributed by atoms with Crippen molar-refractivity contribution in [3.8, 4) is 0 Å². The molecule has 0 spiro atoms. The standard InChI is InChI=1S/C22H30N4O4S/c1-17-5-6-18(2)21(15-17)26(31(28,29)24(3)4)16-22(27)23-19-7-9-20(10-8-19)25-11-13-30-14-12-25/h5-10,15H,11-14,16H2,1-4H3,(H,23,27). The molecule has 0 radical (unpaired) electrons. The number of aryl methyl sites for hydroxylation is 2. The Morgan fingerprint density at radius 3 is 2.32 bits per heavy atom. The first-order chi connectivity index (χ1) is 14.7. The number of rotatable bonds is 7. The summed E-state index contributed by atoms with van der Waals surface area (Å²) in [6.07, 6.45) is 0. The van der Waals surface area contributed by atoms with Gasteiger partial charge in [0, 0.05) is 38.6 Å². The molecule has 2 aromatic carbocycles. The fraction of sp³-hybridized carbons (Fsp3) is 0.409. The van der Waals surface area contributed by atoms with Gasteiger partial charge in [0.1, 0.15) is 6.54 Å². The third kappa shape index (κ3) is 5.55. The molecule has 31 heavy (non-hydrogen) atoms. The minimum Gasteiger partial charge on any atom is -0.378 e. The quantitative estimate of drug-likeness (QED) is 0.706. The Hall–Kier alpha value is -2.62. The summed E-state index contributed by atoms with van der Waals surface area (Å²) in [5.41, 5.74) is 3.86. The van der Waals surface area contributed by atoms with Crippen LogP contribution in [0.4, 0.5) is 17.1 Å². The zero-order valence-electron chi connectivity index (χ0n) is 18.5. The molecular formula is C22H30N4O4S. The molecule has 1 aliphatic heterocycles. The summed E-state index contributed by atoms with van der Waals surface area (Å²) >= 11 is 0.